The molecule has 0 aliphatic rings. The van der Waals surface area contributed by atoms with Crippen LogP contribution in [0.5, 0.6) is 0 Å². The van der Waals surface area contributed by atoms with E-state index in [1.54, 1.807) is 24.5 Å². The Morgan fingerprint density at radius 3 is 2.47 bits per heavy atom. The van der Waals surface area contributed by atoms with E-state index < -0.39 is 23.8 Å². The van der Waals surface area contributed by atoms with Crippen LogP contribution in [0.1, 0.15) is 29.5 Å². The van der Waals surface area contributed by atoms with Crippen LogP contribution in [-0.2, 0) is 11.0 Å². The number of hydrogen-bond acceptors (Lipinski definition) is 7. The van der Waals surface area contributed by atoms with Gasteiger partial charge in [0, 0.05) is 36.3 Å². The van der Waals surface area contributed by atoms with Crippen LogP contribution in [0.3, 0.4) is 0 Å². The molecule has 0 saturated heterocycles. The lowest BCUT2D eigenvalue weighted by Gasteiger charge is -2.12. The Bertz CT molecular complexity index is 1050. The number of aromatic nitrogens is 4. The average molecular weight is 417 g/mol. The summed E-state index contributed by atoms with van der Waals surface area (Å²) in [7, 11) is 0. The molecule has 3 rings (SSSR count). The van der Waals surface area contributed by atoms with Crippen LogP contribution >= 0.6 is 0 Å². The normalized spacial score (nSPS) is 12.4. The first kappa shape index (κ1) is 21.1. The molecule has 2 aromatic heterocycles. The van der Waals surface area contributed by atoms with E-state index in [-0.39, 0.29) is 18.2 Å². The number of nitrogens with two attached hydrogens (primary N) is 2. The fourth-order valence-electron chi connectivity index (χ4n) is 2.71. The van der Waals surface area contributed by atoms with Crippen molar-refractivity contribution < 1.29 is 18.0 Å². The largest absolute Gasteiger partial charge is 0.433 e. The topological polar surface area (TPSA) is 133 Å². The van der Waals surface area contributed by atoms with Gasteiger partial charge in [0.15, 0.2) is 0 Å². The number of anilines is 2. The average Bonchev–Trinajstić information content (AvgIpc) is 2.67. The fourth-order valence-corrected chi connectivity index (χ4v) is 2.71. The van der Waals surface area contributed by atoms with Crippen molar-refractivity contribution >= 4 is 17.5 Å². The number of carbonyl (C=O) groups is 1. The van der Waals surface area contributed by atoms with Crippen LogP contribution in [0.25, 0.3) is 11.1 Å². The first-order valence-electron chi connectivity index (χ1n) is 8.77. The number of aryl methyl sites for hydroxylation is 1. The monoisotopic (exact) mass is 417 g/mol. The molecule has 1 atom stereocenters. The zero-order valence-electron chi connectivity index (χ0n) is 15.8. The van der Waals surface area contributed by atoms with Crippen molar-refractivity contribution in [3.63, 3.8) is 0 Å². The molecule has 2 heterocycles. The van der Waals surface area contributed by atoms with E-state index in [0.29, 0.717) is 11.3 Å². The summed E-state index contributed by atoms with van der Waals surface area (Å²) in [4.78, 5) is 26.7. The van der Waals surface area contributed by atoms with E-state index >= 15 is 0 Å². The van der Waals surface area contributed by atoms with E-state index in [9.17, 15) is 18.0 Å². The molecule has 0 saturated carbocycles. The minimum absolute atomic E-state index is 0.0746. The van der Waals surface area contributed by atoms with Crippen LogP contribution in [0, 0.1) is 6.92 Å². The van der Waals surface area contributed by atoms with Gasteiger partial charge in [-0.3, -0.25) is 4.79 Å². The standard InChI is InChI=1S/C19H18F3N7O/c1-10-4-11(12-8-26-17(27-9-12)14(23)7-16(24)30)6-13(5-10)28-18-25-3-2-15(29-18)19(20,21)22/h2-6,8-9,14H,7,23H2,1H3,(H2,24,30)(H,25,28,29). The summed E-state index contributed by atoms with van der Waals surface area (Å²) in [6.45, 7) is 1.83. The second kappa shape index (κ2) is 8.41. The van der Waals surface area contributed by atoms with Gasteiger partial charge in [0.1, 0.15) is 11.5 Å². The Kier molecular flexibility index (Phi) is 5.92. The molecule has 0 spiro atoms. The van der Waals surface area contributed by atoms with Gasteiger partial charge >= 0.3 is 6.18 Å². The summed E-state index contributed by atoms with van der Waals surface area (Å²) in [6.07, 6.45) is -0.512. The van der Waals surface area contributed by atoms with Gasteiger partial charge in [-0.1, -0.05) is 6.07 Å². The molecule has 5 N–H and O–H groups in total. The SMILES string of the molecule is Cc1cc(Nc2nccc(C(F)(F)F)n2)cc(-c2cnc(C(N)CC(N)=O)nc2)c1. The Hall–Kier alpha value is -3.60. The summed E-state index contributed by atoms with van der Waals surface area (Å²) in [5, 5.41) is 2.78. The van der Waals surface area contributed by atoms with Gasteiger partial charge in [-0.05, 0) is 36.2 Å². The van der Waals surface area contributed by atoms with E-state index in [0.717, 1.165) is 23.4 Å². The van der Waals surface area contributed by atoms with E-state index in [2.05, 4.69) is 25.3 Å². The summed E-state index contributed by atoms with van der Waals surface area (Å²) in [5.74, 6) is -0.451. The molecule has 1 amide bonds. The second-order valence-electron chi connectivity index (χ2n) is 6.58. The Morgan fingerprint density at radius 2 is 1.83 bits per heavy atom. The van der Waals surface area contributed by atoms with Crippen LogP contribution < -0.4 is 16.8 Å². The smallest absolute Gasteiger partial charge is 0.370 e. The maximum atomic E-state index is 12.8. The number of halogens is 3. The molecule has 0 aliphatic heterocycles. The third-order valence-electron chi connectivity index (χ3n) is 4.04. The highest BCUT2D eigenvalue weighted by Crippen LogP contribution is 2.29. The number of amides is 1. The second-order valence-corrected chi connectivity index (χ2v) is 6.58. The number of carbonyl (C=O) groups excluding carboxylic acids is 1. The zero-order chi connectivity index (χ0) is 21.9. The number of primary amides is 1. The highest BCUT2D eigenvalue weighted by atomic mass is 19.4. The minimum atomic E-state index is -4.56. The molecule has 11 heteroatoms. The fraction of sp³-hybridized carbons (Fsp3) is 0.211. The van der Waals surface area contributed by atoms with Gasteiger partial charge in [0.05, 0.1) is 6.04 Å². The molecule has 1 aromatic carbocycles. The molecule has 0 fully saturated rings. The number of nitrogens with zero attached hydrogens (tertiary/aromatic N) is 4. The zero-order valence-corrected chi connectivity index (χ0v) is 15.8. The van der Waals surface area contributed by atoms with Crippen molar-refractivity contribution in [2.75, 3.05) is 5.32 Å². The molecule has 0 aliphatic carbocycles. The maximum Gasteiger partial charge on any atom is 0.433 e. The Balaban J connectivity index is 1.85. The van der Waals surface area contributed by atoms with Crippen LogP contribution in [0.4, 0.5) is 24.8 Å². The molecule has 3 aromatic rings. The van der Waals surface area contributed by atoms with Gasteiger partial charge in [0.25, 0.3) is 0 Å². The van der Waals surface area contributed by atoms with E-state index in [1.165, 1.54) is 0 Å². The van der Waals surface area contributed by atoms with Crippen molar-refractivity contribution in [2.24, 2.45) is 11.5 Å². The van der Waals surface area contributed by atoms with Crippen molar-refractivity contribution in [1.29, 1.82) is 0 Å². The lowest BCUT2D eigenvalue weighted by molar-refractivity contribution is -0.141. The van der Waals surface area contributed by atoms with Crippen molar-refractivity contribution in [3.05, 3.63) is 59.9 Å². The van der Waals surface area contributed by atoms with Crippen LogP contribution in [0.2, 0.25) is 0 Å². The quantitative estimate of drug-likeness (QED) is 0.562. The van der Waals surface area contributed by atoms with Gasteiger partial charge in [-0.15, -0.1) is 0 Å². The third kappa shape index (κ3) is 5.26. The highest BCUT2D eigenvalue weighted by molar-refractivity contribution is 5.74. The summed E-state index contributed by atoms with van der Waals surface area (Å²) in [5.41, 5.74) is 12.6. The van der Waals surface area contributed by atoms with Gasteiger partial charge in [0.2, 0.25) is 11.9 Å². The van der Waals surface area contributed by atoms with E-state index in [4.69, 9.17) is 11.5 Å². The predicted octanol–water partition coefficient (Wildman–Crippen LogP) is 2.88. The molecule has 30 heavy (non-hydrogen) atoms. The molecule has 0 radical (unpaired) electrons. The van der Waals surface area contributed by atoms with Crippen LogP contribution in [0.15, 0.2) is 42.9 Å². The summed E-state index contributed by atoms with van der Waals surface area (Å²) < 4.78 is 38.5. The predicted molar refractivity (Wildman–Crippen MR) is 103 cm³/mol. The third-order valence-corrected chi connectivity index (χ3v) is 4.04. The highest BCUT2D eigenvalue weighted by Gasteiger charge is 2.32. The molecule has 8 nitrogen and oxygen atoms in total. The lowest BCUT2D eigenvalue weighted by atomic mass is 10.0. The number of benzene rings is 1. The van der Waals surface area contributed by atoms with Crippen molar-refractivity contribution in [2.45, 2.75) is 25.6 Å². The Labute approximate surface area is 169 Å². The summed E-state index contributed by atoms with van der Waals surface area (Å²) in [6, 6.07) is 5.40. The molecule has 1 unspecified atom stereocenters. The number of nitrogens with one attached hydrogen (secondary N) is 1. The maximum absolute atomic E-state index is 12.8. The van der Waals surface area contributed by atoms with Gasteiger partial charge < -0.3 is 16.8 Å². The minimum Gasteiger partial charge on any atom is -0.370 e. The number of rotatable bonds is 6. The molecular weight excluding hydrogens is 399 g/mol. The van der Waals surface area contributed by atoms with Crippen molar-refractivity contribution in [3.8, 4) is 11.1 Å². The van der Waals surface area contributed by atoms with Gasteiger partial charge in [-0.2, -0.15) is 13.2 Å². The molecular formula is C19H18F3N7O. The van der Waals surface area contributed by atoms with E-state index in [1.807, 2.05) is 13.0 Å². The summed E-state index contributed by atoms with van der Waals surface area (Å²) >= 11 is 0. The van der Waals surface area contributed by atoms with Crippen LogP contribution in [-0.4, -0.2) is 25.8 Å². The molecule has 156 valence electrons. The number of hydrogen-bond donors (Lipinski definition) is 3. The Morgan fingerprint density at radius 1 is 1.13 bits per heavy atom. The number of alkyl halides is 3. The lowest BCUT2D eigenvalue weighted by Crippen LogP contribution is -2.22. The first-order valence-corrected chi connectivity index (χ1v) is 8.77. The molecule has 0 bridgehead atoms. The van der Waals surface area contributed by atoms with Gasteiger partial charge in [-0.25, -0.2) is 19.9 Å². The van der Waals surface area contributed by atoms with Crippen molar-refractivity contribution in [1.82, 2.24) is 19.9 Å². The first-order chi connectivity index (χ1) is 14.1.